The van der Waals surface area contributed by atoms with Crippen molar-refractivity contribution in [3.63, 3.8) is 0 Å². The number of carbonyl (C=O) groups excluding carboxylic acids is 2. The molecule has 0 aliphatic carbocycles. The second-order valence-corrected chi connectivity index (χ2v) is 7.00. The van der Waals surface area contributed by atoms with Crippen LogP contribution in [0.5, 0.6) is 11.5 Å². The van der Waals surface area contributed by atoms with Crippen LogP contribution in [0, 0.1) is 0 Å². The molecule has 2 aromatic carbocycles. The standard InChI is InChI=1S/C25H30O4/c1-2-3-4-5-6-7-8-9-10-19-28-23-17-13-22(14-18-23)25(27)29-24-15-11-21(20-26)12-16-24/h2,11-18,20H,1,3-10,19H2. The number of aldehydes is 1. The maximum atomic E-state index is 12.2. The van der Waals surface area contributed by atoms with E-state index in [0.29, 0.717) is 23.5 Å². The smallest absolute Gasteiger partial charge is 0.343 e. The van der Waals surface area contributed by atoms with Crippen LogP contribution < -0.4 is 9.47 Å². The summed E-state index contributed by atoms with van der Waals surface area (Å²) in [6.45, 7) is 4.43. The Kier molecular flexibility index (Phi) is 10.3. The number of ether oxygens (including phenoxy) is 2. The molecular weight excluding hydrogens is 364 g/mol. The molecule has 0 atom stereocenters. The van der Waals surface area contributed by atoms with Crippen molar-refractivity contribution in [2.24, 2.45) is 0 Å². The summed E-state index contributed by atoms with van der Waals surface area (Å²) in [6, 6.07) is 13.4. The molecule has 0 amide bonds. The molecule has 2 rings (SSSR count). The van der Waals surface area contributed by atoms with Gasteiger partial charge in [-0.05, 0) is 67.8 Å². The van der Waals surface area contributed by atoms with Gasteiger partial charge in [0.2, 0.25) is 0 Å². The van der Waals surface area contributed by atoms with E-state index in [9.17, 15) is 9.59 Å². The van der Waals surface area contributed by atoms with Crippen molar-refractivity contribution in [2.75, 3.05) is 6.61 Å². The molecule has 4 heteroatoms. The van der Waals surface area contributed by atoms with Gasteiger partial charge in [0, 0.05) is 5.56 Å². The highest BCUT2D eigenvalue weighted by atomic mass is 16.5. The summed E-state index contributed by atoms with van der Waals surface area (Å²) >= 11 is 0. The van der Waals surface area contributed by atoms with Gasteiger partial charge in [-0.15, -0.1) is 6.58 Å². The normalized spacial score (nSPS) is 10.3. The molecule has 0 unspecified atom stereocenters. The van der Waals surface area contributed by atoms with Gasteiger partial charge in [-0.25, -0.2) is 4.79 Å². The molecule has 0 aliphatic heterocycles. The van der Waals surface area contributed by atoms with Gasteiger partial charge in [0.25, 0.3) is 0 Å². The lowest BCUT2D eigenvalue weighted by atomic mass is 10.1. The first-order valence-corrected chi connectivity index (χ1v) is 10.3. The van der Waals surface area contributed by atoms with E-state index < -0.39 is 5.97 Å². The van der Waals surface area contributed by atoms with E-state index in [4.69, 9.17) is 9.47 Å². The van der Waals surface area contributed by atoms with Gasteiger partial charge in [-0.1, -0.05) is 38.2 Å². The van der Waals surface area contributed by atoms with Crippen LogP contribution >= 0.6 is 0 Å². The number of rotatable bonds is 14. The average molecular weight is 395 g/mol. The number of allylic oxidation sites excluding steroid dienone is 1. The third-order valence-electron chi connectivity index (χ3n) is 4.64. The first-order chi connectivity index (χ1) is 14.2. The largest absolute Gasteiger partial charge is 0.494 e. The molecule has 29 heavy (non-hydrogen) atoms. The fourth-order valence-corrected chi connectivity index (χ4v) is 2.93. The van der Waals surface area contributed by atoms with Gasteiger partial charge in [0.1, 0.15) is 17.8 Å². The summed E-state index contributed by atoms with van der Waals surface area (Å²) in [5.41, 5.74) is 0.989. The molecule has 0 radical (unpaired) electrons. The molecule has 0 heterocycles. The molecule has 0 spiro atoms. The summed E-state index contributed by atoms with van der Waals surface area (Å²) < 4.78 is 11.1. The zero-order chi connectivity index (χ0) is 20.7. The van der Waals surface area contributed by atoms with Crippen molar-refractivity contribution in [3.8, 4) is 11.5 Å². The van der Waals surface area contributed by atoms with Crippen molar-refractivity contribution < 1.29 is 19.1 Å². The van der Waals surface area contributed by atoms with Crippen LogP contribution in [0.3, 0.4) is 0 Å². The van der Waals surface area contributed by atoms with Crippen molar-refractivity contribution in [1.82, 2.24) is 0 Å². The molecule has 0 bridgehead atoms. The molecular formula is C25H30O4. The summed E-state index contributed by atoms with van der Waals surface area (Å²) in [5, 5.41) is 0. The molecule has 0 N–H and O–H groups in total. The van der Waals surface area contributed by atoms with Crippen LogP contribution in [0.2, 0.25) is 0 Å². The van der Waals surface area contributed by atoms with E-state index in [1.807, 2.05) is 6.08 Å². The Morgan fingerprint density at radius 2 is 1.38 bits per heavy atom. The molecule has 0 aliphatic rings. The van der Waals surface area contributed by atoms with E-state index in [1.54, 1.807) is 48.5 Å². The number of unbranched alkanes of at least 4 members (excludes halogenated alkanes) is 7. The first kappa shape index (κ1) is 22.4. The van der Waals surface area contributed by atoms with E-state index >= 15 is 0 Å². The zero-order valence-electron chi connectivity index (χ0n) is 17.0. The van der Waals surface area contributed by atoms with Crippen LogP contribution in [0.4, 0.5) is 0 Å². The van der Waals surface area contributed by atoms with Crippen LogP contribution in [-0.2, 0) is 0 Å². The zero-order valence-corrected chi connectivity index (χ0v) is 17.0. The molecule has 2 aromatic rings. The fraction of sp³-hybridized carbons (Fsp3) is 0.360. The lowest BCUT2D eigenvalue weighted by Crippen LogP contribution is -2.08. The third-order valence-corrected chi connectivity index (χ3v) is 4.64. The van der Waals surface area contributed by atoms with Crippen molar-refractivity contribution in [1.29, 1.82) is 0 Å². The van der Waals surface area contributed by atoms with Crippen LogP contribution in [0.1, 0.15) is 72.1 Å². The van der Waals surface area contributed by atoms with Gasteiger partial charge >= 0.3 is 5.97 Å². The van der Waals surface area contributed by atoms with Gasteiger partial charge in [0.05, 0.1) is 12.2 Å². The van der Waals surface area contributed by atoms with Gasteiger partial charge in [-0.2, -0.15) is 0 Å². The third kappa shape index (κ3) is 8.77. The van der Waals surface area contributed by atoms with Crippen LogP contribution in [0.15, 0.2) is 61.2 Å². The van der Waals surface area contributed by atoms with Gasteiger partial charge < -0.3 is 9.47 Å². The topological polar surface area (TPSA) is 52.6 Å². The van der Waals surface area contributed by atoms with Crippen LogP contribution in [0.25, 0.3) is 0 Å². The van der Waals surface area contributed by atoms with Gasteiger partial charge in [0.15, 0.2) is 0 Å². The minimum absolute atomic E-state index is 0.404. The lowest BCUT2D eigenvalue weighted by molar-refractivity contribution is 0.0734. The summed E-state index contributed by atoms with van der Waals surface area (Å²) in [7, 11) is 0. The maximum absolute atomic E-state index is 12.2. The number of carbonyl (C=O) groups is 2. The fourth-order valence-electron chi connectivity index (χ4n) is 2.93. The molecule has 0 fully saturated rings. The molecule has 154 valence electrons. The summed E-state index contributed by atoms with van der Waals surface area (Å²) in [6.07, 6.45) is 12.4. The van der Waals surface area contributed by atoms with Crippen molar-refractivity contribution >= 4 is 12.3 Å². The number of hydrogen-bond donors (Lipinski definition) is 0. The van der Waals surface area contributed by atoms with E-state index in [1.165, 1.54) is 38.5 Å². The Balaban J connectivity index is 1.63. The lowest BCUT2D eigenvalue weighted by Gasteiger charge is -2.08. The Labute approximate surface area is 173 Å². The predicted octanol–water partition coefficient (Wildman–Crippen LogP) is 6.40. The van der Waals surface area contributed by atoms with E-state index in [2.05, 4.69) is 6.58 Å². The van der Waals surface area contributed by atoms with E-state index in [-0.39, 0.29) is 0 Å². The monoisotopic (exact) mass is 394 g/mol. The summed E-state index contributed by atoms with van der Waals surface area (Å²) in [4.78, 5) is 22.8. The molecule has 0 saturated carbocycles. The summed E-state index contributed by atoms with van der Waals surface area (Å²) in [5.74, 6) is 0.714. The Morgan fingerprint density at radius 3 is 2.00 bits per heavy atom. The number of benzene rings is 2. The molecule has 0 saturated heterocycles. The highest BCUT2D eigenvalue weighted by Gasteiger charge is 2.09. The Morgan fingerprint density at radius 1 is 0.793 bits per heavy atom. The molecule has 0 aromatic heterocycles. The number of hydrogen-bond acceptors (Lipinski definition) is 4. The highest BCUT2D eigenvalue weighted by Crippen LogP contribution is 2.17. The maximum Gasteiger partial charge on any atom is 0.343 e. The van der Waals surface area contributed by atoms with Crippen molar-refractivity contribution in [3.05, 3.63) is 72.3 Å². The number of esters is 1. The SMILES string of the molecule is C=CCCCCCCCCCOc1ccc(C(=O)Oc2ccc(C=O)cc2)cc1. The van der Waals surface area contributed by atoms with Crippen LogP contribution in [-0.4, -0.2) is 18.9 Å². The van der Waals surface area contributed by atoms with Gasteiger partial charge in [-0.3, -0.25) is 4.79 Å². The predicted molar refractivity (Wildman–Crippen MR) is 116 cm³/mol. The Bertz CT molecular complexity index is 747. The quantitative estimate of drug-likeness (QED) is 0.122. The Hall–Kier alpha value is -2.88. The molecule has 4 nitrogen and oxygen atoms in total. The minimum Gasteiger partial charge on any atom is -0.494 e. The van der Waals surface area contributed by atoms with Crippen molar-refractivity contribution in [2.45, 2.75) is 51.4 Å². The second-order valence-electron chi connectivity index (χ2n) is 7.00. The minimum atomic E-state index is -0.441. The second kappa shape index (κ2) is 13.3. The highest BCUT2D eigenvalue weighted by molar-refractivity contribution is 5.91. The first-order valence-electron chi connectivity index (χ1n) is 10.3. The van der Waals surface area contributed by atoms with E-state index in [0.717, 1.165) is 24.9 Å². The average Bonchev–Trinajstić information content (AvgIpc) is 2.76.